The highest BCUT2D eigenvalue weighted by Gasteiger charge is 2.37. The van der Waals surface area contributed by atoms with Crippen molar-refractivity contribution in [3.05, 3.63) is 23.8 Å². The lowest BCUT2D eigenvalue weighted by molar-refractivity contribution is 0.330. The van der Waals surface area contributed by atoms with E-state index in [1.54, 1.807) is 0 Å². The third kappa shape index (κ3) is 1.80. The number of benzene rings is 1. The Morgan fingerprint density at radius 3 is 2.76 bits per heavy atom. The zero-order valence-electron chi connectivity index (χ0n) is 10.9. The summed E-state index contributed by atoms with van der Waals surface area (Å²) in [7, 11) is 2.24. The molecule has 1 spiro atoms. The molecule has 0 saturated heterocycles. The molecule has 1 aromatic rings. The third-order valence-corrected chi connectivity index (χ3v) is 4.54. The fourth-order valence-electron chi connectivity index (χ4n) is 3.58. The molecule has 2 heteroatoms. The summed E-state index contributed by atoms with van der Waals surface area (Å²) in [5, 5.41) is 3.71. The molecule has 17 heavy (non-hydrogen) atoms. The van der Waals surface area contributed by atoms with Gasteiger partial charge in [0.15, 0.2) is 0 Å². The summed E-state index contributed by atoms with van der Waals surface area (Å²) < 4.78 is 0. The third-order valence-electron chi connectivity index (χ3n) is 4.54. The van der Waals surface area contributed by atoms with Crippen LogP contribution in [0.4, 0.5) is 11.4 Å². The molecule has 0 atom stereocenters. The first-order chi connectivity index (χ1) is 8.20. The van der Waals surface area contributed by atoms with Crippen LogP contribution in [0, 0.1) is 12.3 Å². The van der Waals surface area contributed by atoms with Gasteiger partial charge in [0.25, 0.3) is 0 Å². The molecule has 0 aromatic heterocycles. The molecule has 2 aliphatic rings. The van der Waals surface area contributed by atoms with Crippen molar-refractivity contribution in [1.29, 1.82) is 0 Å². The van der Waals surface area contributed by atoms with E-state index >= 15 is 0 Å². The summed E-state index contributed by atoms with van der Waals surface area (Å²) in [4.78, 5) is 2.45. The van der Waals surface area contributed by atoms with E-state index in [1.807, 2.05) is 0 Å². The van der Waals surface area contributed by atoms with Crippen molar-refractivity contribution in [2.45, 2.75) is 32.6 Å². The Labute approximate surface area is 104 Å². The molecule has 0 bridgehead atoms. The number of rotatable bonds is 0. The molecule has 1 heterocycles. The summed E-state index contributed by atoms with van der Waals surface area (Å²) >= 11 is 0. The minimum atomic E-state index is 0.514. The fraction of sp³-hybridized carbons (Fsp3) is 0.600. The van der Waals surface area contributed by atoms with E-state index in [4.69, 9.17) is 0 Å². The summed E-state index contributed by atoms with van der Waals surface area (Å²) in [6.45, 7) is 4.55. The van der Waals surface area contributed by atoms with Gasteiger partial charge in [-0.2, -0.15) is 0 Å². The molecular formula is C15H22N2. The molecule has 3 rings (SSSR count). The number of nitrogens with zero attached hydrogens (tertiary/aromatic N) is 1. The lowest BCUT2D eigenvalue weighted by Gasteiger charge is -2.31. The van der Waals surface area contributed by atoms with Crippen molar-refractivity contribution in [2.24, 2.45) is 5.41 Å². The predicted molar refractivity (Wildman–Crippen MR) is 73.8 cm³/mol. The Balaban J connectivity index is 1.97. The Kier molecular flexibility index (Phi) is 2.53. The highest BCUT2D eigenvalue weighted by Crippen LogP contribution is 2.43. The molecule has 1 aliphatic carbocycles. The smallest absolute Gasteiger partial charge is 0.0607 e. The fourth-order valence-corrected chi connectivity index (χ4v) is 3.58. The predicted octanol–water partition coefficient (Wildman–Crippen LogP) is 3.42. The summed E-state index contributed by atoms with van der Waals surface area (Å²) in [5.41, 5.74) is 4.59. The van der Waals surface area contributed by atoms with Gasteiger partial charge in [0.2, 0.25) is 0 Å². The van der Waals surface area contributed by atoms with Crippen LogP contribution >= 0.6 is 0 Å². The number of hydrogen-bond acceptors (Lipinski definition) is 2. The standard InChI is InChI=1S/C15H22N2/c1-12-6-5-7-13-14(12)16-10-15(11-17(13)2)8-3-4-9-15/h5-7,16H,3-4,8-11H2,1-2H3. The SMILES string of the molecule is Cc1cccc2c1NCC1(CCCC1)CN2C. The monoisotopic (exact) mass is 230 g/mol. The number of nitrogens with one attached hydrogen (secondary N) is 1. The zero-order chi connectivity index (χ0) is 11.9. The van der Waals surface area contributed by atoms with Crippen LogP contribution in [0.1, 0.15) is 31.2 Å². The van der Waals surface area contributed by atoms with Gasteiger partial charge < -0.3 is 10.2 Å². The van der Waals surface area contributed by atoms with Crippen LogP contribution in [-0.2, 0) is 0 Å². The van der Waals surface area contributed by atoms with Gasteiger partial charge in [-0.15, -0.1) is 0 Å². The Hall–Kier alpha value is -1.18. The lowest BCUT2D eigenvalue weighted by Crippen LogP contribution is -2.36. The Morgan fingerprint density at radius 2 is 2.00 bits per heavy atom. The van der Waals surface area contributed by atoms with Crippen molar-refractivity contribution in [1.82, 2.24) is 0 Å². The number of aryl methyl sites for hydroxylation is 1. The average molecular weight is 230 g/mol. The van der Waals surface area contributed by atoms with Gasteiger partial charge >= 0.3 is 0 Å². The lowest BCUT2D eigenvalue weighted by atomic mass is 9.86. The molecule has 1 N–H and O–H groups in total. The second kappa shape index (κ2) is 3.94. The van der Waals surface area contributed by atoms with Crippen molar-refractivity contribution < 1.29 is 0 Å². The molecular weight excluding hydrogens is 208 g/mol. The zero-order valence-corrected chi connectivity index (χ0v) is 10.9. The maximum absolute atomic E-state index is 3.71. The van der Waals surface area contributed by atoms with Gasteiger partial charge in [0, 0.05) is 25.6 Å². The van der Waals surface area contributed by atoms with Crippen LogP contribution in [0.15, 0.2) is 18.2 Å². The second-order valence-corrected chi connectivity index (χ2v) is 5.89. The average Bonchev–Trinajstić information content (AvgIpc) is 2.70. The maximum Gasteiger partial charge on any atom is 0.0607 e. The Morgan fingerprint density at radius 1 is 1.24 bits per heavy atom. The van der Waals surface area contributed by atoms with Crippen LogP contribution in [0.2, 0.25) is 0 Å². The van der Waals surface area contributed by atoms with Gasteiger partial charge in [-0.1, -0.05) is 25.0 Å². The quantitative estimate of drug-likeness (QED) is 0.734. The van der Waals surface area contributed by atoms with E-state index in [2.05, 4.69) is 42.4 Å². The van der Waals surface area contributed by atoms with Crippen LogP contribution in [0.3, 0.4) is 0 Å². The van der Waals surface area contributed by atoms with Crippen LogP contribution in [-0.4, -0.2) is 20.1 Å². The van der Waals surface area contributed by atoms with Crippen molar-refractivity contribution >= 4 is 11.4 Å². The molecule has 0 radical (unpaired) electrons. The maximum atomic E-state index is 3.71. The van der Waals surface area contributed by atoms with Gasteiger partial charge in [-0.3, -0.25) is 0 Å². The highest BCUT2D eigenvalue weighted by molar-refractivity contribution is 5.74. The summed E-state index contributed by atoms with van der Waals surface area (Å²) in [6, 6.07) is 6.61. The summed E-state index contributed by atoms with van der Waals surface area (Å²) in [6.07, 6.45) is 5.59. The van der Waals surface area contributed by atoms with Crippen molar-refractivity contribution in [3.63, 3.8) is 0 Å². The van der Waals surface area contributed by atoms with Gasteiger partial charge in [0.1, 0.15) is 0 Å². The van der Waals surface area contributed by atoms with E-state index in [9.17, 15) is 0 Å². The van der Waals surface area contributed by atoms with Crippen molar-refractivity contribution in [2.75, 3.05) is 30.4 Å². The first kappa shape index (κ1) is 10.9. The van der Waals surface area contributed by atoms with Gasteiger partial charge in [0.05, 0.1) is 11.4 Å². The van der Waals surface area contributed by atoms with Crippen LogP contribution < -0.4 is 10.2 Å². The first-order valence-electron chi connectivity index (χ1n) is 6.75. The minimum absolute atomic E-state index is 0.514. The topological polar surface area (TPSA) is 15.3 Å². The molecule has 1 fully saturated rings. The van der Waals surface area contributed by atoms with Crippen LogP contribution in [0.25, 0.3) is 0 Å². The van der Waals surface area contributed by atoms with Gasteiger partial charge in [-0.05, 0) is 31.4 Å². The molecule has 1 aromatic carbocycles. The van der Waals surface area contributed by atoms with Crippen LogP contribution in [0.5, 0.6) is 0 Å². The molecule has 1 aliphatic heterocycles. The molecule has 2 nitrogen and oxygen atoms in total. The number of anilines is 2. The van der Waals surface area contributed by atoms with E-state index in [0.29, 0.717) is 5.41 Å². The number of hydrogen-bond donors (Lipinski definition) is 1. The molecule has 0 amide bonds. The molecule has 92 valence electrons. The largest absolute Gasteiger partial charge is 0.383 e. The highest BCUT2D eigenvalue weighted by atomic mass is 15.2. The van der Waals surface area contributed by atoms with Crippen molar-refractivity contribution in [3.8, 4) is 0 Å². The minimum Gasteiger partial charge on any atom is -0.383 e. The second-order valence-electron chi connectivity index (χ2n) is 5.89. The van der Waals surface area contributed by atoms with E-state index in [0.717, 1.165) is 6.54 Å². The Bertz CT molecular complexity index is 419. The first-order valence-corrected chi connectivity index (χ1v) is 6.75. The molecule has 0 unspecified atom stereocenters. The van der Waals surface area contributed by atoms with Gasteiger partial charge in [-0.25, -0.2) is 0 Å². The van der Waals surface area contributed by atoms with E-state index in [-0.39, 0.29) is 0 Å². The number of fused-ring (bicyclic) bond motifs is 1. The van der Waals surface area contributed by atoms with E-state index in [1.165, 1.54) is 49.2 Å². The number of para-hydroxylation sites is 1. The van der Waals surface area contributed by atoms with E-state index < -0.39 is 0 Å². The summed E-state index contributed by atoms with van der Waals surface area (Å²) in [5.74, 6) is 0. The molecule has 1 saturated carbocycles. The normalized spacial score (nSPS) is 22.1.